The Morgan fingerprint density at radius 1 is 1.26 bits per heavy atom. The Bertz CT molecular complexity index is 613. The molecule has 0 radical (unpaired) electrons. The van der Waals surface area contributed by atoms with Gasteiger partial charge in [-0.2, -0.15) is 0 Å². The molecule has 0 bridgehead atoms. The highest BCUT2D eigenvalue weighted by Crippen LogP contribution is 2.38. The quantitative estimate of drug-likeness (QED) is 0.799. The van der Waals surface area contributed by atoms with Gasteiger partial charge >= 0.3 is 0 Å². The SMILES string of the molecule is O[C@@H]1C[C@H](Oc2cc(Cl)c(Cl)c3[nH]ccc23)[C@@H](O)C1. The normalized spacial score (nSPS) is 27.1. The fraction of sp³-hybridized carbons (Fsp3) is 0.385. The molecule has 1 aliphatic rings. The fourth-order valence-corrected chi connectivity index (χ4v) is 2.88. The van der Waals surface area contributed by atoms with Crippen LogP contribution < -0.4 is 4.74 Å². The summed E-state index contributed by atoms with van der Waals surface area (Å²) < 4.78 is 5.79. The van der Waals surface area contributed by atoms with Crippen LogP contribution in [-0.2, 0) is 0 Å². The van der Waals surface area contributed by atoms with Gasteiger partial charge in [-0.3, -0.25) is 0 Å². The molecule has 1 aromatic heterocycles. The van der Waals surface area contributed by atoms with Crippen molar-refractivity contribution in [1.29, 1.82) is 0 Å². The number of ether oxygens (including phenoxy) is 1. The number of aromatic amines is 1. The number of rotatable bonds is 2. The van der Waals surface area contributed by atoms with E-state index in [4.69, 9.17) is 27.9 Å². The average molecular weight is 302 g/mol. The topological polar surface area (TPSA) is 65.5 Å². The van der Waals surface area contributed by atoms with E-state index >= 15 is 0 Å². The zero-order chi connectivity index (χ0) is 13.6. The summed E-state index contributed by atoms with van der Waals surface area (Å²) in [7, 11) is 0. The molecule has 4 nitrogen and oxygen atoms in total. The summed E-state index contributed by atoms with van der Waals surface area (Å²) in [6, 6.07) is 3.47. The van der Waals surface area contributed by atoms with Crippen LogP contribution in [0.15, 0.2) is 18.3 Å². The standard InChI is InChI=1S/C13H13Cl2NO3/c14-8-5-10(7-1-2-16-13(7)12(8)15)19-11-4-6(17)3-9(11)18/h1-2,5-6,9,11,16-18H,3-4H2/t6-,9-,11-/m0/s1. The molecular weight excluding hydrogens is 289 g/mol. The number of aliphatic hydroxyl groups is 2. The van der Waals surface area contributed by atoms with Crippen LogP contribution in [0.25, 0.3) is 10.9 Å². The Morgan fingerprint density at radius 2 is 2.05 bits per heavy atom. The summed E-state index contributed by atoms with van der Waals surface area (Å²) in [6.07, 6.45) is 0.878. The second-order valence-electron chi connectivity index (χ2n) is 4.79. The predicted molar refractivity (Wildman–Crippen MR) is 74.0 cm³/mol. The summed E-state index contributed by atoms with van der Waals surface area (Å²) in [5.41, 5.74) is 0.706. The smallest absolute Gasteiger partial charge is 0.130 e. The van der Waals surface area contributed by atoms with Crippen LogP contribution in [0.4, 0.5) is 0 Å². The minimum absolute atomic E-state index is 0.336. The van der Waals surface area contributed by atoms with Crippen molar-refractivity contribution in [2.24, 2.45) is 0 Å². The molecule has 0 unspecified atom stereocenters. The predicted octanol–water partition coefficient (Wildman–Crippen LogP) is 2.74. The lowest BCUT2D eigenvalue weighted by Crippen LogP contribution is -2.25. The Kier molecular flexibility index (Phi) is 3.35. The van der Waals surface area contributed by atoms with Crippen LogP contribution in [0.3, 0.4) is 0 Å². The van der Waals surface area contributed by atoms with Gasteiger partial charge in [-0.15, -0.1) is 0 Å². The maximum atomic E-state index is 9.82. The molecule has 6 heteroatoms. The summed E-state index contributed by atoms with van der Waals surface area (Å²) in [4.78, 5) is 3.01. The molecule has 2 aromatic rings. The molecule has 1 heterocycles. The van der Waals surface area contributed by atoms with Crippen LogP contribution >= 0.6 is 23.2 Å². The third-order valence-corrected chi connectivity index (χ3v) is 4.21. The van der Waals surface area contributed by atoms with Gasteiger partial charge in [0.25, 0.3) is 0 Å². The van der Waals surface area contributed by atoms with Crippen molar-refractivity contribution in [3.63, 3.8) is 0 Å². The average Bonchev–Trinajstić information content (AvgIpc) is 2.94. The van der Waals surface area contributed by atoms with E-state index in [9.17, 15) is 10.2 Å². The minimum Gasteiger partial charge on any atom is -0.487 e. The van der Waals surface area contributed by atoms with Gasteiger partial charge in [-0.25, -0.2) is 0 Å². The maximum Gasteiger partial charge on any atom is 0.130 e. The molecule has 1 aromatic carbocycles. The van der Waals surface area contributed by atoms with Gasteiger partial charge in [0.1, 0.15) is 11.9 Å². The highest BCUT2D eigenvalue weighted by Gasteiger charge is 2.34. The molecule has 3 rings (SSSR count). The van der Waals surface area contributed by atoms with E-state index in [-0.39, 0.29) is 0 Å². The van der Waals surface area contributed by atoms with Crippen LogP contribution in [-0.4, -0.2) is 33.5 Å². The second kappa shape index (κ2) is 4.87. The number of nitrogens with one attached hydrogen (secondary N) is 1. The van der Waals surface area contributed by atoms with Gasteiger partial charge < -0.3 is 19.9 Å². The molecule has 3 N–H and O–H groups in total. The molecule has 0 saturated heterocycles. The first-order chi connectivity index (χ1) is 9.06. The number of hydrogen-bond donors (Lipinski definition) is 3. The first kappa shape index (κ1) is 13.1. The summed E-state index contributed by atoms with van der Waals surface area (Å²) >= 11 is 12.2. The molecule has 3 atom stereocenters. The zero-order valence-corrected chi connectivity index (χ0v) is 11.4. The van der Waals surface area contributed by atoms with Gasteiger partial charge in [0, 0.05) is 30.5 Å². The summed E-state index contributed by atoms with van der Waals surface area (Å²) in [6.45, 7) is 0. The molecule has 1 fully saturated rings. The number of hydrogen-bond acceptors (Lipinski definition) is 3. The lowest BCUT2D eigenvalue weighted by atomic mass is 10.2. The van der Waals surface area contributed by atoms with Crippen molar-refractivity contribution in [2.45, 2.75) is 31.2 Å². The van der Waals surface area contributed by atoms with E-state index < -0.39 is 18.3 Å². The lowest BCUT2D eigenvalue weighted by molar-refractivity contribution is 0.0613. The van der Waals surface area contributed by atoms with Crippen LogP contribution in [0.5, 0.6) is 5.75 Å². The molecule has 1 aliphatic carbocycles. The first-order valence-corrected chi connectivity index (χ1v) is 6.79. The number of halogens is 2. The zero-order valence-electron chi connectivity index (χ0n) is 9.94. The molecule has 1 saturated carbocycles. The van der Waals surface area contributed by atoms with E-state index in [1.165, 1.54) is 0 Å². The van der Waals surface area contributed by atoms with E-state index in [1.54, 1.807) is 12.3 Å². The van der Waals surface area contributed by atoms with Crippen LogP contribution in [0.2, 0.25) is 10.0 Å². The maximum absolute atomic E-state index is 9.82. The van der Waals surface area contributed by atoms with Gasteiger partial charge in [-0.1, -0.05) is 23.2 Å². The van der Waals surface area contributed by atoms with Gasteiger partial charge in [0.05, 0.1) is 27.8 Å². The molecule has 0 spiro atoms. The van der Waals surface area contributed by atoms with Crippen LogP contribution in [0, 0.1) is 0 Å². The fourth-order valence-electron chi connectivity index (χ4n) is 2.47. The Balaban J connectivity index is 1.97. The third-order valence-electron chi connectivity index (χ3n) is 3.42. The molecular formula is C13H13Cl2NO3. The Labute approximate surface area is 119 Å². The van der Waals surface area contributed by atoms with Crippen molar-refractivity contribution in [3.8, 4) is 5.75 Å². The third kappa shape index (κ3) is 2.30. The molecule has 0 aliphatic heterocycles. The van der Waals surface area contributed by atoms with Gasteiger partial charge in [0.15, 0.2) is 0 Å². The van der Waals surface area contributed by atoms with Crippen molar-refractivity contribution in [2.75, 3.05) is 0 Å². The number of aromatic nitrogens is 1. The highest BCUT2D eigenvalue weighted by atomic mass is 35.5. The van der Waals surface area contributed by atoms with Crippen molar-refractivity contribution >= 4 is 34.1 Å². The number of benzene rings is 1. The minimum atomic E-state index is -0.668. The number of H-pyrrole nitrogens is 1. The van der Waals surface area contributed by atoms with E-state index in [2.05, 4.69) is 4.98 Å². The van der Waals surface area contributed by atoms with Gasteiger partial charge in [-0.05, 0) is 6.07 Å². The molecule has 19 heavy (non-hydrogen) atoms. The summed E-state index contributed by atoms with van der Waals surface area (Å²) in [5, 5.41) is 21.0. The molecule has 102 valence electrons. The summed E-state index contributed by atoms with van der Waals surface area (Å²) in [5.74, 6) is 0.559. The van der Waals surface area contributed by atoms with Gasteiger partial charge in [0.2, 0.25) is 0 Å². The lowest BCUT2D eigenvalue weighted by Gasteiger charge is -2.18. The van der Waals surface area contributed by atoms with Crippen molar-refractivity contribution in [3.05, 3.63) is 28.4 Å². The largest absolute Gasteiger partial charge is 0.487 e. The second-order valence-corrected chi connectivity index (χ2v) is 5.57. The van der Waals surface area contributed by atoms with E-state index in [1.807, 2.05) is 6.07 Å². The van der Waals surface area contributed by atoms with E-state index in [0.29, 0.717) is 34.2 Å². The monoisotopic (exact) mass is 301 g/mol. The highest BCUT2D eigenvalue weighted by molar-refractivity contribution is 6.45. The van der Waals surface area contributed by atoms with E-state index in [0.717, 1.165) is 5.39 Å². The Hall–Kier alpha value is -0.940. The Morgan fingerprint density at radius 3 is 2.74 bits per heavy atom. The van der Waals surface area contributed by atoms with Crippen molar-refractivity contribution < 1.29 is 14.9 Å². The molecule has 0 amide bonds. The number of fused-ring (bicyclic) bond motifs is 1. The van der Waals surface area contributed by atoms with Crippen molar-refractivity contribution in [1.82, 2.24) is 4.98 Å². The number of aliphatic hydroxyl groups excluding tert-OH is 2. The van der Waals surface area contributed by atoms with Crippen LogP contribution in [0.1, 0.15) is 12.8 Å². The first-order valence-electron chi connectivity index (χ1n) is 6.04.